The third-order valence-electron chi connectivity index (χ3n) is 6.12. The van der Waals surface area contributed by atoms with Crippen LogP contribution in [0.3, 0.4) is 0 Å². The van der Waals surface area contributed by atoms with Crippen molar-refractivity contribution >= 4 is 23.7 Å². The van der Waals surface area contributed by atoms with E-state index in [1.807, 2.05) is 11.8 Å². The van der Waals surface area contributed by atoms with E-state index in [9.17, 15) is 0 Å². The standard InChI is InChI=1S/C26H30N2O3S.C2H2O4/c1-28(2)16-19-11-12-20(30-19)18-32-14-13-27-15-21-17-29-26(31-21)24-9-5-3-7-22(24)23-8-4-6-10-25(23)26;3-1(4)2(5)6/h3-12,21,27H,13-18H2,1-2H3;(H,3,4)(H,5,6). The maximum absolute atomic E-state index is 9.04. The van der Waals surface area contributed by atoms with Gasteiger partial charge < -0.3 is 39.1 Å². The minimum absolute atomic E-state index is 0.0281. The van der Waals surface area contributed by atoms with Gasteiger partial charge in [-0.3, -0.25) is 0 Å². The molecule has 1 atom stereocenters. The molecule has 5 rings (SSSR count). The number of thioether (sulfide) groups is 1. The Balaban J connectivity index is 0.000000505. The van der Waals surface area contributed by atoms with Crippen molar-refractivity contribution in [2.75, 3.05) is 39.5 Å². The summed E-state index contributed by atoms with van der Waals surface area (Å²) in [7, 11) is 4.27. The van der Waals surface area contributed by atoms with Crippen molar-refractivity contribution in [3.63, 3.8) is 0 Å². The molecule has 1 saturated heterocycles. The second-order valence-electron chi connectivity index (χ2n) is 9.36. The van der Waals surface area contributed by atoms with Gasteiger partial charge in [0.05, 0.1) is 32.6 Å². The van der Waals surface area contributed by atoms with Crippen molar-refractivity contribution in [1.82, 2.24) is 5.32 Å². The fraction of sp³-hybridized carbons (Fsp3) is 0.357. The lowest BCUT2D eigenvalue weighted by Gasteiger charge is -2.25. The van der Waals surface area contributed by atoms with E-state index in [-0.39, 0.29) is 6.10 Å². The van der Waals surface area contributed by atoms with Gasteiger partial charge in [-0.1, -0.05) is 48.5 Å². The number of rotatable bonds is 9. The Hall–Kier alpha value is -3.15. The van der Waals surface area contributed by atoms with Gasteiger partial charge in [-0.25, -0.2) is 4.79 Å². The van der Waals surface area contributed by atoms with Gasteiger partial charge in [-0.05, 0) is 23.3 Å². The van der Waals surface area contributed by atoms with Crippen LogP contribution in [0, 0.1) is 0 Å². The van der Waals surface area contributed by atoms with E-state index < -0.39 is 17.7 Å². The maximum atomic E-state index is 9.04. The number of aliphatic carboxylic acids is 2. The molecule has 1 fully saturated rings. The molecule has 0 bridgehead atoms. The second kappa shape index (κ2) is 12.6. The molecule has 1 aromatic heterocycles. The van der Waals surface area contributed by atoms with Crippen molar-refractivity contribution in [3.05, 3.63) is 83.3 Å². The van der Waals surface area contributed by atoms with Gasteiger partial charge in [-0.2, -0.15) is 11.8 Å². The number of quaternary nitrogens is 1. The number of carbonyl (C=O) groups excluding carboxylic acids is 1. The smallest absolute Gasteiger partial charge is 0.351 e. The quantitative estimate of drug-likeness (QED) is 0.268. The summed E-state index contributed by atoms with van der Waals surface area (Å²) in [4.78, 5) is 19.4. The molecule has 2 aliphatic rings. The maximum Gasteiger partial charge on any atom is 0.351 e. The molecule has 1 spiro atoms. The number of benzene rings is 2. The molecule has 1 aliphatic heterocycles. The lowest BCUT2D eigenvalue weighted by Crippen LogP contribution is -3.04. The fourth-order valence-corrected chi connectivity index (χ4v) is 5.36. The predicted octanol–water partition coefficient (Wildman–Crippen LogP) is 0.865. The van der Waals surface area contributed by atoms with Gasteiger partial charge in [0.1, 0.15) is 12.3 Å². The predicted molar refractivity (Wildman–Crippen MR) is 140 cm³/mol. The largest absolute Gasteiger partial charge is 0.539 e. The van der Waals surface area contributed by atoms with E-state index in [1.165, 1.54) is 16.0 Å². The van der Waals surface area contributed by atoms with Crippen LogP contribution >= 0.6 is 11.8 Å². The molecule has 0 saturated carbocycles. The minimum Gasteiger partial charge on any atom is -0.539 e. The van der Waals surface area contributed by atoms with Crippen LogP contribution in [-0.2, 0) is 37.1 Å². The molecule has 2 heterocycles. The summed E-state index contributed by atoms with van der Waals surface area (Å²) >= 11 is 1.89. The summed E-state index contributed by atoms with van der Waals surface area (Å²) in [5, 5.41) is 19.9. The van der Waals surface area contributed by atoms with Crippen LogP contribution in [0.25, 0.3) is 11.1 Å². The molecule has 9 nitrogen and oxygen atoms in total. The Kier molecular flexibility index (Phi) is 9.24. The van der Waals surface area contributed by atoms with Crippen LogP contribution in [0.5, 0.6) is 0 Å². The Morgan fingerprint density at radius 2 is 1.66 bits per heavy atom. The number of hydrogen-bond donors (Lipinski definition) is 3. The lowest BCUT2D eigenvalue weighted by molar-refractivity contribution is -0.873. The highest BCUT2D eigenvalue weighted by molar-refractivity contribution is 7.98. The first kappa shape index (κ1) is 27.9. The third kappa shape index (κ3) is 6.46. The zero-order chi connectivity index (χ0) is 27.1. The summed E-state index contributed by atoms with van der Waals surface area (Å²) < 4.78 is 18.8. The normalized spacial score (nSPS) is 16.7. The van der Waals surface area contributed by atoms with Gasteiger partial charge in [0, 0.05) is 30.0 Å². The summed E-state index contributed by atoms with van der Waals surface area (Å²) in [5.41, 5.74) is 4.66. The van der Waals surface area contributed by atoms with E-state index in [0.29, 0.717) is 6.61 Å². The van der Waals surface area contributed by atoms with Crippen LogP contribution in [0.4, 0.5) is 0 Å². The highest BCUT2D eigenvalue weighted by Crippen LogP contribution is 2.52. The molecular formula is C28H32N2O7S. The number of hydrogen-bond acceptors (Lipinski definition) is 8. The summed E-state index contributed by atoms with van der Waals surface area (Å²) in [6, 6.07) is 21.0. The Morgan fingerprint density at radius 3 is 2.26 bits per heavy atom. The van der Waals surface area contributed by atoms with Crippen molar-refractivity contribution in [1.29, 1.82) is 0 Å². The van der Waals surface area contributed by atoms with Gasteiger partial charge in [-0.15, -0.1) is 0 Å². The Labute approximate surface area is 225 Å². The first-order valence-corrected chi connectivity index (χ1v) is 13.6. The number of carbonyl (C=O) groups is 2. The summed E-state index contributed by atoms with van der Waals surface area (Å²) in [6.07, 6.45) is 0.0281. The van der Waals surface area contributed by atoms with Gasteiger partial charge in [0.25, 0.3) is 0 Å². The summed E-state index contributed by atoms with van der Waals surface area (Å²) in [5.74, 6) is -0.728. The first-order valence-electron chi connectivity index (χ1n) is 12.4. The van der Waals surface area contributed by atoms with Crippen molar-refractivity contribution < 1.29 is 38.6 Å². The third-order valence-corrected chi connectivity index (χ3v) is 7.10. The van der Waals surface area contributed by atoms with Crippen LogP contribution in [0.1, 0.15) is 22.6 Å². The van der Waals surface area contributed by atoms with E-state index in [0.717, 1.165) is 53.8 Å². The van der Waals surface area contributed by atoms with Crippen LogP contribution < -0.4 is 15.3 Å². The number of carboxylic acid groups (broad SMARTS) is 2. The van der Waals surface area contributed by atoms with Crippen molar-refractivity contribution in [3.8, 4) is 11.1 Å². The molecule has 2 aromatic carbocycles. The highest BCUT2D eigenvalue weighted by atomic mass is 32.2. The second-order valence-corrected chi connectivity index (χ2v) is 10.5. The molecule has 3 N–H and O–H groups in total. The zero-order valence-electron chi connectivity index (χ0n) is 21.4. The minimum atomic E-state index is -2.07. The highest BCUT2D eigenvalue weighted by Gasteiger charge is 2.50. The average Bonchev–Trinajstić information content (AvgIpc) is 3.60. The lowest BCUT2D eigenvalue weighted by atomic mass is 10.0. The molecule has 0 radical (unpaired) electrons. The molecular weight excluding hydrogens is 508 g/mol. The Morgan fingerprint density at radius 1 is 1.05 bits per heavy atom. The number of nitrogens with one attached hydrogen (secondary N) is 2. The molecule has 0 amide bonds. The van der Waals surface area contributed by atoms with E-state index in [4.69, 9.17) is 33.7 Å². The number of carboxylic acids is 2. The molecule has 202 valence electrons. The number of furan rings is 1. The van der Waals surface area contributed by atoms with Crippen LogP contribution in [-0.4, -0.2) is 62.7 Å². The zero-order valence-corrected chi connectivity index (χ0v) is 22.2. The SMILES string of the molecule is C[NH+](C)Cc1ccc(CSCCNCC2COC3(O2)c2ccccc2-c2ccccc23)o1.O=C([O-])C(=O)O. The monoisotopic (exact) mass is 540 g/mol. The van der Waals surface area contributed by atoms with E-state index in [1.54, 1.807) is 0 Å². The van der Waals surface area contributed by atoms with E-state index >= 15 is 0 Å². The molecule has 3 aromatic rings. The molecule has 1 aliphatic carbocycles. The molecule has 38 heavy (non-hydrogen) atoms. The topological polar surface area (TPSA) is 126 Å². The van der Waals surface area contributed by atoms with Crippen LogP contribution in [0.15, 0.2) is 65.1 Å². The van der Waals surface area contributed by atoms with Crippen molar-refractivity contribution in [2.24, 2.45) is 0 Å². The van der Waals surface area contributed by atoms with Crippen LogP contribution in [0.2, 0.25) is 0 Å². The van der Waals surface area contributed by atoms with Gasteiger partial charge in [0.15, 0.2) is 11.7 Å². The number of fused-ring (bicyclic) bond motifs is 5. The molecule has 1 unspecified atom stereocenters. The average molecular weight is 541 g/mol. The van der Waals surface area contributed by atoms with E-state index in [2.05, 4.69) is 80.1 Å². The summed E-state index contributed by atoms with van der Waals surface area (Å²) in [6.45, 7) is 3.22. The van der Waals surface area contributed by atoms with Crippen molar-refractivity contribution in [2.45, 2.75) is 24.2 Å². The Bertz CT molecular complexity index is 1200. The first-order chi connectivity index (χ1) is 18.3. The van der Waals surface area contributed by atoms with Gasteiger partial charge in [0.2, 0.25) is 5.79 Å². The van der Waals surface area contributed by atoms with Gasteiger partial charge >= 0.3 is 5.97 Å². The fourth-order valence-electron chi connectivity index (χ4n) is 4.57. The number of ether oxygens (including phenoxy) is 2. The molecule has 10 heteroatoms.